The van der Waals surface area contributed by atoms with Gasteiger partial charge < -0.3 is 0 Å². The number of unbranched alkanes of at least 4 members (excludes halogenated alkanes) is 2. The van der Waals surface area contributed by atoms with E-state index in [0.717, 1.165) is 22.4 Å². The molecule has 0 N–H and O–H groups in total. The summed E-state index contributed by atoms with van der Waals surface area (Å²) >= 11 is 0. The first kappa shape index (κ1) is 33.5. The maximum absolute atomic E-state index is 3.30. The van der Waals surface area contributed by atoms with Gasteiger partial charge in [-0.2, -0.15) is 11.1 Å². The molecule has 0 aromatic carbocycles. The van der Waals surface area contributed by atoms with E-state index in [1.165, 1.54) is 49.7 Å². The first-order chi connectivity index (χ1) is 11.1. The Labute approximate surface area is 183 Å². The molecule has 0 heterocycles. The number of rotatable bonds is 6. The van der Waals surface area contributed by atoms with Crippen molar-refractivity contribution < 1.29 is 35.6 Å². The molecular formula is C22H39F2SiZr. The average molecular weight is 461 g/mol. The quantitative estimate of drug-likeness (QED) is 0.287. The van der Waals surface area contributed by atoms with Gasteiger partial charge in [-0.05, 0) is 12.8 Å². The van der Waals surface area contributed by atoms with Gasteiger partial charge in [0.1, 0.15) is 0 Å². The smallest absolute Gasteiger partial charge is 0.269 e. The molecule has 4 heteroatoms. The van der Waals surface area contributed by atoms with Crippen LogP contribution in [-0.4, -0.2) is 9.52 Å². The van der Waals surface area contributed by atoms with E-state index < -0.39 is 0 Å². The fourth-order valence-corrected chi connectivity index (χ4v) is 2.45. The van der Waals surface area contributed by atoms with Crippen LogP contribution in [0.2, 0.25) is 13.1 Å². The third-order valence-electron chi connectivity index (χ3n) is 3.73. The average Bonchev–Trinajstić information content (AvgIpc) is 3.13. The predicted molar refractivity (Wildman–Crippen MR) is 113 cm³/mol. The van der Waals surface area contributed by atoms with Crippen LogP contribution in [0.5, 0.6) is 0 Å². The summed E-state index contributed by atoms with van der Waals surface area (Å²) in [6.07, 6.45) is 21.2. The molecule has 0 unspecified atom stereocenters. The van der Waals surface area contributed by atoms with Gasteiger partial charge in [0.05, 0.1) is 0 Å². The molecule has 149 valence electrons. The van der Waals surface area contributed by atoms with E-state index in [1.807, 2.05) is 0 Å². The van der Waals surface area contributed by atoms with Gasteiger partial charge in [-0.15, -0.1) is 12.8 Å². The molecule has 0 atom stereocenters. The summed E-state index contributed by atoms with van der Waals surface area (Å²) < 4.78 is 0. The van der Waals surface area contributed by atoms with Crippen molar-refractivity contribution in [2.24, 2.45) is 0 Å². The van der Waals surface area contributed by atoms with Crippen molar-refractivity contribution in [1.82, 2.24) is 0 Å². The van der Waals surface area contributed by atoms with Crippen LogP contribution in [0.1, 0.15) is 79.1 Å². The monoisotopic (exact) mass is 459 g/mol. The summed E-state index contributed by atoms with van der Waals surface area (Å²) in [5, 5.41) is 0. The van der Waals surface area contributed by atoms with Crippen LogP contribution in [-0.2, 0) is 26.2 Å². The molecule has 0 aromatic rings. The molecule has 0 bridgehead atoms. The van der Waals surface area contributed by atoms with E-state index in [0.29, 0.717) is 0 Å². The standard InChI is InChI=1S/2C10H15.C2H7Si.2FH.Zr/c2*1-3-4-5-10-7-6-9(2)8-10;1-3-2;;;/h2*8H,3-5,7H2,1-2H3;3H,1-2H3;2*1H;/q2*-1;;;;+2. The first-order valence-electron chi connectivity index (χ1n) is 9.34. The van der Waals surface area contributed by atoms with Crippen LogP contribution in [0.3, 0.4) is 0 Å². The third kappa shape index (κ3) is 18.7. The summed E-state index contributed by atoms with van der Waals surface area (Å²) in [6.45, 7) is 13.1. The van der Waals surface area contributed by atoms with E-state index >= 15 is 0 Å². The van der Waals surface area contributed by atoms with E-state index in [-0.39, 0.29) is 35.6 Å². The van der Waals surface area contributed by atoms with E-state index in [1.54, 1.807) is 11.1 Å². The van der Waals surface area contributed by atoms with Gasteiger partial charge in [-0.25, -0.2) is 23.3 Å². The Hall–Kier alpha value is -0.0800. The van der Waals surface area contributed by atoms with Crippen molar-refractivity contribution in [2.45, 2.75) is 92.2 Å². The van der Waals surface area contributed by atoms with Crippen LogP contribution < -0.4 is 0 Å². The SMILES string of the molecule is CCCCC1=CC(C)=[C-]C1.CCCCC1=CC(C)=[C-]C1.C[SiH]C.F.F.[Zr+2]. The van der Waals surface area contributed by atoms with Crippen LogP contribution in [0.4, 0.5) is 9.41 Å². The van der Waals surface area contributed by atoms with Gasteiger partial charge in [-0.3, -0.25) is 21.6 Å². The summed E-state index contributed by atoms with van der Waals surface area (Å²) in [6, 6.07) is 0. The number of hydrogen-bond donors (Lipinski definition) is 0. The molecule has 26 heavy (non-hydrogen) atoms. The van der Waals surface area contributed by atoms with Crippen molar-refractivity contribution in [3.8, 4) is 0 Å². The molecule has 2 aliphatic carbocycles. The van der Waals surface area contributed by atoms with E-state index in [9.17, 15) is 0 Å². The van der Waals surface area contributed by atoms with Gasteiger partial charge >= 0.3 is 26.2 Å². The minimum atomic E-state index is 0. The van der Waals surface area contributed by atoms with Gasteiger partial charge in [0.2, 0.25) is 0 Å². The maximum atomic E-state index is 3.30. The molecule has 2 aliphatic rings. The minimum Gasteiger partial charge on any atom is -0.269 e. The Morgan fingerprint density at radius 2 is 1.12 bits per heavy atom. The molecular weight excluding hydrogens is 422 g/mol. The first-order valence-corrected chi connectivity index (χ1v) is 11.7. The summed E-state index contributed by atoms with van der Waals surface area (Å²) in [5.41, 5.74) is 5.79. The molecule has 0 aliphatic heterocycles. The Morgan fingerprint density at radius 3 is 1.31 bits per heavy atom. The zero-order chi connectivity index (χ0) is 17.5. The second kappa shape index (κ2) is 23.0. The van der Waals surface area contributed by atoms with Gasteiger partial charge in [0.25, 0.3) is 0 Å². The van der Waals surface area contributed by atoms with Crippen LogP contribution in [0.15, 0.2) is 34.4 Å². The number of hydrogen-bond acceptors (Lipinski definition) is 0. The van der Waals surface area contributed by atoms with Crippen LogP contribution in [0.25, 0.3) is 0 Å². The summed E-state index contributed by atoms with van der Waals surface area (Å²) in [4.78, 5) is 0. The molecule has 0 saturated carbocycles. The van der Waals surface area contributed by atoms with Crippen LogP contribution >= 0.6 is 0 Å². The Balaban J connectivity index is -0.000000147. The minimum absolute atomic E-state index is 0. The van der Waals surface area contributed by atoms with Crippen molar-refractivity contribution in [1.29, 1.82) is 0 Å². The summed E-state index contributed by atoms with van der Waals surface area (Å²) in [5.74, 6) is 0. The Kier molecular flexibility index (Phi) is 29.6. The second-order valence-electron chi connectivity index (χ2n) is 6.46. The molecule has 0 fully saturated rings. The van der Waals surface area contributed by atoms with Crippen LogP contribution in [0, 0.1) is 12.2 Å². The van der Waals surface area contributed by atoms with Gasteiger partial charge in [0.15, 0.2) is 0 Å². The number of halogens is 2. The number of allylic oxidation sites excluding steroid dienone is 8. The predicted octanol–water partition coefficient (Wildman–Crippen LogP) is 7.33. The van der Waals surface area contributed by atoms with Crippen molar-refractivity contribution in [2.75, 3.05) is 0 Å². The molecule has 0 nitrogen and oxygen atoms in total. The Morgan fingerprint density at radius 1 is 0.808 bits per heavy atom. The maximum Gasteiger partial charge on any atom is 2.00 e. The zero-order valence-electron chi connectivity index (χ0n) is 17.7. The molecule has 0 spiro atoms. The zero-order valence-corrected chi connectivity index (χ0v) is 21.3. The van der Waals surface area contributed by atoms with Crippen molar-refractivity contribution in [3.63, 3.8) is 0 Å². The van der Waals surface area contributed by atoms with Crippen molar-refractivity contribution >= 4 is 9.52 Å². The summed E-state index contributed by atoms with van der Waals surface area (Å²) in [7, 11) is 0.750. The topological polar surface area (TPSA) is 0 Å². The molecule has 1 radical (unpaired) electrons. The van der Waals surface area contributed by atoms with Gasteiger partial charge in [0, 0.05) is 9.52 Å². The largest absolute Gasteiger partial charge is 2.00 e. The fraction of sp³-hybridized carbons (Fsp3) is 0.636. The van der Waals surface area contributed by atoms with Gasteiger partial charge in [-0.1, -0.05) is 66.5 Å². The Bertz CT molecular complexity index is 397. The van der Waals surface area contributed by atoms with E-state index in [2.05, 4.69) is 65.1 Å². The molecule has 0 aromatic heterocycles. The van der Waals surface area contributed by atoms with E-state index in [4.69, 9.17) is 0 Å². The van der Waals surface area contributed by atoms with Crippen molar-refractivity contribution in [3.05, 3.63) is 46.6 Å². The normalized spacial score (nSPS) is 13.8. The molecule has 0 saturated heterocycles. The molecule has 2 rings (SSSR count). The fourth-order valence-electron chi connectivity index (χ4n) is 2.45. The second-order valence-corrected chi connectivity index (χ2v) is 7.62. The molecule has 0 amide bonds. The third-order valence-corrected chi connectivity index (χ3v) is 3.73.